The maximum Gasteiger partial charge on any atom is 0.416 e. The van der Waals surface area contributed by atoms with Gasteiger partial charge in [-0.2, -0.15) is 13.2 Å². The van der Waals surface area contributed by atoms with Crippen molar-refractivity contribution in [3.63, 3.8) is 0 Å². The summed E-state index contributed by atoms with van der Waals surface area (Å²) in [5, 5.41) is 13.1. The third-order valence-electron chi connectivity index (χ3n) is 7.74. The quantitative estimate of drug-likeness (QED) is 0.207. The highest BCUT2D eigenvalue weighted by Crippen LogP contribution is 2.35. The average Bonchev–Trinajstić information content (AvgIpc) is 3.21. The third kappa shape index (κ3) is 5.52. The van der Waals surface area contributed by atoms with Gasteiger partial charge >= 0.3 is 12.1 Å². The van der Waals surface area contributed by atoms with Crippen molar-refractivity contribution >= 4 is 22.8 Å². The number of alkyl halides is 3. The van der Waals surface area contributed by atoms with E-state index in [0.29, 0.717) is 17.7 Å². The first-order chi connectivity index (χ1) is 20.0. The van der Waals surface area contributed by atoms with E-state index >= 15 is 0 Å². The summed E-state index contributed by atoms with van der Waals surface area (Å²) in [7, 11) is 0. The number of carbonyl (C=O) groups excluding carboxylic acids is 1. The summed E-state index contributed by atoms with van der Waals surface area (Å²) in [6.07, 6.45) is -4.52. The molecule has 5 rings (SSSR count). The van der Waals surface area contributed by atoms with Crippen molar-refractivity contribution in [3.05, 3.63) is 130 Å². The third-order valence-corrected chi connectivity index (χ3v) is 7.74. The van der Waals surface area contributed by atoms with Gasteiger partial charge in [0.25, 0.3) is 5.91 Å². The van der Waals surface area contributed by atoms with Gasteiger partial charge in [0.05, 0.1) is 17.2 Å². The molecule has 1 unspecified atom stereocenters. The molecule has 5 aromatic rings. The van der Waals surface area contributed by atoms with Crippen LogP contribution in [0.1, 0.15) is 61.6 Å². The molecule has 0 fully saturated rings. The molecule has 8 heteroatoms. The van der Waals surface area contributed by atoms with Crippen LogP contribution >= 0.6 is 0 Å². The monoisotopic (exact) mass is 570 g/mol. The smallest absolute Gasteiger partial charge is 0.416 e. The normalized spacial score (nSPS) is 12.3. The summed E-state index contributed by atoms with van der Waals surface area (Å²) < 4.78 is 42.6. The largest absolute Gasteiger partial charge is 0.478 e. The molecule has 1 heterocycles. The van der Waals surface area contributed by atoms with E-state index in [-0.39, 0.29) is 11.1 Å². The maximum absolute atomic E-state index is 13.5. The second-order valence-electron chi connectivity index (χ2n) is 10.4. The molecule has 0 saturated carbocycles. The number of amides is 1. The highest BCUT2D eigenvalue weighted by atomic mass is 19.4. The molecule has 42 heavy (non-hydrogen) atoms. The second kappa shape index (κ2) is 11.2. The van der Waals surface area contributed by atoms with Gasteiger partial charge in [-0.3, -0.25) is 4.79 Å². The van der Waals surface area contributed by atoms with E-state index in [9.17, 15) is 27.9 Å². The Hall–Kier alpha value is -4.85. The van der Waals surface area contributed by atoms with Crippen molar-refractivity contribution in [2.45, 2.75) is 39.5 Å². The van der Waals surface area contributed by atoms with Crippen molar-refractivity contribution in [2.75, 3.05) is 0 Å². The number of carboxylic acid groups (broad SMARTS) is 1. The molecule has 0 aliphatic carbocycles. The predicted octanol–water partition coefficient (Wildman–Crippen LogP) is 8.18. The molecule has 2 N–H and O–H groups in total. The van der Waals surface area contributed by atoms with Gasteiger partial charge in [0.2, 0.25) is 0 Å². The van der Waals surface area contributed by atoms with Crippen LogP contribution in [0.4, 0.5) is 13.2 Å². The van der Waals surface area contributed by atoms with Crippen molar-refractivity contribution < 1.29 is 27.9 Å². The van der Waals surface area contributed by atoms with E-state index in [2.05, 4.69) is 9.88 Å². The number of nitrogens with one attached hydrogen (secondary N) is 1. The van der Waals surface area contributed by atoms with Crippen LogP contribution in [0.15, 0.2) is 91.0 Å². The highest BCUT2D eigenvalue weighted by molar-refractivity contribution is 5.99. The van der Waals surface area contributed by atoms with E-state index in [1.54, 1.807) is 37.3 Å². The predicted molar refractivity (Wildman–Crippen MR) is 157 cm³/mol. The molecule has 0 bridgehead atoms. The fourth-order valence-electron chi connectivity index (χ4n) is 5.38. The number of carbonyl (C=O) groups is 2. The Morgan fingerprint density at radius 2 is 1.57 bits per heavy atom. The Bertz CT molecular complexity index is 1800. The molecule has 1 amide bonds. The highest BCUT2D eigenvalue weighted by Gasteiger charge is 2.34. The fraction of sp³-hybridized carbons (Fsp3) is 0.176. The molecule has 5 nitrogen and oxygen atoms in total. The lowest BCUT2D eigenvalue weighted by molar-refractivity contribution is -0.138. The molecule has 0 radical (unpaired) electrons. The molecular weight excluding hydrogens is 541 g/mol. The SMILES string of the molecule is Cc1c(C)n(Cc2ccc(-c3ccccc3C(=O)O)cc2)c2ccc(C(=O)NC(C)c3ccccc3C(F)(F)F)cc12. The van der Waals surface area contributed by atoms with Gasteiger partial charge in [-0.05, 0) is 78.9 Å². The summed E-state index contributed by atoms with van der Waals surface area (Å²) in [6.45, 7) is 6.08. The Balaban J connectivity index is 1.39. The number of carboxylic acids is 1. The lowest BCUT2D eigenvalue weighted by atomic mass is 9.99. The van der Waals surface area contributed by atoms with Gasteiger partial charge in [0.1, 0.15) is 0 Å². The van der Waals surface area contributed by atoms with Crippen LogP contribution in [-0.4, -0.2) is 21.6 Å². The van der Waals surface area contributed by atoms with Crippen molar-refractivity contribution in [3.8, 4) is 11.1 Å². The summed E-state index contributed by atoms with van der Waals surface area (Å²) in [6, 6.07) is 24.4. The number of aromatic nitrogens is 1. The summed E-state index contributed by atoms with van der Waals surface area (Å²) in [5.41, 5.74) is 5.28. The fourth-order valence-corrected chi connectivity index (χ4v) is 5.38. The van der Waals surface area contributed by atoms with Gasteiger partial charge in [0.15, 0.2) is 0 Å². The van der Waals surface area contributed by atoms with Crippen molar-refractivity contribution in [1.82, 2.24) is 9.88 Å². The Kier molecular flexibility index (Phi) is 7.65. The van der Waals surface area contributed by atoms with Crippen LogP contribution in [0.5, 0.6) is 0 Å². The van der Waals surface area contributed by atoms with Crippen LogP contribution in [-0.2, 0) is 12.7 Å². The average molecular weight is 571 g/mol. The van der Waals surface area contributed by atoms with Gasteiger partial charge in [0, 0.05) is 28.7 Å². The summed E-state index contributed by atoms with van der Waals surface area (Å²) in [5.74, 6) is -1.43. The first-order valence-electron chi connectivity index (χ1n) is 13.4. The number of benzene rings is 4. The standard InChI is InChI=1S/C34H29F3N2O3/c1-20-22(3)39(19-23-12-14-24(15-13-23)27-9-4-5-10-28(27)33(41)42)31-17-16-25(18-29(20)31)32(40)38-21(2)26-8-6-7-11-30(26)34(35,36)37/h4-18,21H,19H2,1-3H3,(H,38,40)(H,41,42). The zero-order valence-corrected chi connectivity index (χ0v) is 23.3. The van der Waals surface area contributed by atoms with E-state index in [4.69, 9.17) is 0 Å². The van der Waals surface area contributed by atoms with Crippen molar-refractivity contribution in [2.24, 2.45) is 0 Å². The minimum absolute atomic E-state index is 0.00933. The molecule has 0 spiro atoms. The van der Waals surface area contributed by atoms with Crippen molar-refractivity contribution in [1.29, 1.82) is 0 Å². The lowest BCUT2D eigenvalue weighted by Crippen LogP contribution is -2.28. The maximum atomic E-state index is 13.5. The van der Waals surface area contributed by atoms with Gasteiger partial charge in [-0.1, -0.05) is 60.7 Å². The minimum atomic E-state index is -4.52. The van der Waals surface area contributed by atoms with E-state index in [0.717, 1.165) is 39.4 Å². The van der Waals surface area contributed by atoms with Gasteiger partial charge < -0.3 is 15.0 Å². The molecular formula is C34H29F3N2O3. The number of halogens is 3. The molecule has 1 aromatic heterocycles. The second-order valence-corrected chi connectivity index (χ2v) is 10.4. The molecule has 0 aliphatic heterocycles. The topological polar surface area (TPSA) is 71.3 Å². The van der Waals surface area contributed by atoms with E-state index < -0.39 is 29.7 Å². The Morgan fingerprint density at radius 1 is 0.905 bits per heavy atom. The summed E-state index contributed by atoms with van der Waals surface area (Å²) in [4.78, 5) is 24.7. The number of nitrogens with zero attached hydrogens (tertiary/aromatic N) is 1. The van der Waals surface area contributed by atoms with Crippen LogP contribution in [0, 0.1) is 13.8 Å². The zero-order valence-electron chi connectivity index (χ0n) is 23.3. The number of aromatic carboxylic acids is 1. The molecule has 214 valence electrons. The van der Waals surface area contributed by atoms with Crippen LogP contribution in [0.3, 0.4) is 0 Å². The van der Waals surface area contributed by atoms with Gasteiger partial charge in [-0.25, -0.2) is 4.79 Å². The first kappa shape index (κ1) is 28.7. The Labute approximate surface area is 241 Å². The van der Waals surface area contributed by atoms with Crippen LogP contribution in [0.25, 0.3) is 22.0 Å². The van der Waals surface area contributed by atoms with Crippen LogP contribution < -0.4 is 5.32 Å². The zero-order chi connectivity index (χ0) is 30.2. The number of aryl methyl sites for hydroxylation is 1. The number of fused-ring (bicyclic) bond motifs is 1. The molecule has 1 atom stereocenters. The molecule has 4 aromatic carbocycles. The molecule has 0 saturated heterocycles. The lowest BCUT2D eigenvalue weighted by Gasteiger charge is -2.19. The number of hydrogen-bond acceptors (Lipinski definition) is 2. The van der Waals surface area contributed by atoms with Crippen LogP contribution in [0.2, 0.25) is 0 Å². The van der Waals surface area contributed by atoms with E-state index in [1.807, 2.05) is 50.2 Å². The number of hydrogen-bond donors (Lipinski definition) is 2. The molecule has 0 aliphatic rings. The van der Waals surface area contributed by atoms with Gasteiger partial charge in [-0.15, -0.1) is 0 Å². The Morgan fingerprint density at radius 3 is 2.26 bits per heavy atom. The van der Waals surface area contributed by atoms with E-state index in [1.165, 1.54) is 18.2 Å². The number of rotatable bonds is 7. The first-order valence-corrected chi connectivity index (χ1v) is 13.4. The minimum Gasteiger partial charge on any atom is -0.478 e. The summed E-state index contributed by atoms with van der Waals surface area (Å²) >= 11 is 0.